The molecule has 0 heterocycles. The molecule has 1 unspecified atom stereocenters. The van der Waals surface area contributed by atoms with E-state index in [0.717, 1.165) is 11.4 Å². The monoisotopic (exact) mass is 245 g/mol. The average Bonchev–Trinajstić information content (AvgIpc) is 3.21. The average molecular weight is 245 g/mol. The largest absolute Gasteiger partial charge is 0.497 e. The first-order valence-electron chi connectivity index (χ1n) is 6.24. The third kappa shape index (κ3) is 3.38. The molecule has 0 saturated heterocycles. The van der Waals surface area contributed by atoms with Gasteiger partial charge in [-0.3, -0.25) is 5.32 Å². The van der Waals surface area contributed by atoms with E-state index < -0.39 is 0 Å². The fourth-order valence-corrected chi connectivity index (χ4v) is 1.89. The smallest absolute Gasteiger partial charge is 0.120 e. The maximum Gasteiger partial charge on any atom is 0.120 e. The lowest BCUT2D eigenvalue weighted by Crippen LogP contribution is -2.39. The first-order valence-corrected chi connectivity index (χ1v) is 6.24. The normalized spacial score (nSPS) is 15.8. The van der Waals surface area contributed by atoms with Gasteiger partial charge in [0.05, 0.1) is 13.2 Å². The molecule has 0 bridgehead atoms. The molecule has 4 heteroatoms. The van der Waals surface area contributed by atoms with Crippen molar-refractivity contribution >= 4 is 5.69 Å². The number of hydrogen-bond acceptors (Lipinski definition) is 4. The van der Waals surface area contributed by atoms with Gasteiger partial charge in [0.25, 0.3) is 0 Å². The van der Waals surface area contributed by atoms with Crippen molar-refractivity contribution in [2.45, 2.75) is 24.9 Å². The Kier molecular flexibility index (Phi) is 4.06. The first kappa shape index (κ1) is 12.7. The van der Waals surface area contributed by atoms with Crippen LogP contribution >= 0.6 is 0 Å². The summed E-state index contributed by atoms with van der Waals surface area (Å²) in [6, 6.07) is 10.6. The standard InChI is InChI=1S/C14H19N3O/c1-17(10-12(9-15)16-11-6-7-11)13-4-3-5-14(8-13)18-2/h3-5,8,11-12,16H,6-7,10H2,1-2H3. The van der Waals surface area contributed by atoms with Crippen molar-refractivity contribution in [3.05, 3.63) is 24.3 Å². The summed E-state index contributed by atoms with van der Waals surface area (Å²) in [5.74, 6) is 0.836. The third-order valence-corrected chi connectivity index (χ3v) is 3.12. The summed E-state index contributed by atoms with van der Waals surface area (Å²) in [4.78, 5) is 2.08. The van der Waals surface area contributed by atoms with Crippen LogP contribution in [0.2, 0.25) is 0 Å². The maximum atomic E-state index is 9.14. The lowest BCUT2D eigenvalue weighted by atomic mass is 10.2. The molecule has 1 saturated carbocycles. The highest BCUT2D eigenvalue weighted by molar-refractivity contribution is 5.50. The number of methoxy groups -OCH3 is 1. The van der Waals surface area contributed by atoms with Crippen LogP contribution in [0, 0.1) is 11.3 Å². The quantitative estimate of drug-likeness (QED) is 0.830. The van der Waals surface area contributed by atoms with Crippen LogP contribution in [0.5, 0.6) is 5.75 Å². The number of rotatable bonds is 6. The van der Waals surface area contributed by atoms with Crippen LogP contribution in [0.4, 0.5) is 5.69 Å². The second-order valence-corrected chi connectivity index (χ2v) is 4.70. The van der Waals surface area contributed by atoms with Crippen molar-refractivity contribution in [1.29, 1.82) is 5.26 Å². The molecule has 1 aromatic carbocycles. The molecule has 1 aromatic rings. The zero-order chi connectivity index (χ0) is 13.0. The highest BCUT2D eigenvalue weighted by Gasteiger charge is 2.25. The van der Waals surface area contributed by atoms with Crippen LogP contribution < -0.4 is 15.0 Å². The summed E-state index contributed by atoms with van der Waals surface area (Å²) in [5.41, 5.74) is 1.06. The van der Waals surface area contributed by atoms with Crippen molar-refractivity contribution in [3.8, 4) is 11.8 Å². The molecule has 0 amide bonds. The lowest BCUT2D eigenvalue weighted by molar-refractivity contribution is 0.415. The minimum Gasteiger partial charge on any atom is -0.497 e. The van der Waals surface area contributed by atoms with E-state index in [0.29, 0.717) is 12.6 Å². The van der Waals surface area contributed by atoms with E-state index in [1.807, 2.05) is 31.3 Å². The van der Waals surface area contributed by atoms with Crippen LogP contribution in [0.1, 0.15) is 12.8 Å². The molecule has 1 atom stereocenters. The van der Waals surface area contributed by atoms with Crippen LogP contribution in [-0.4, -0.2) is 32.8 Å². The molecule has 96 valence electrons. The Balaban J connectivity index is 1.96. The van der Waals surface area contributed by atoms with Crippen molar-refractivity contribution in [3.63, 3.8) is 0 Å². The Morgan fingerprint density at radius 2 is 2.33 bits per heavy atom. The molecule has 1 N–H and O–H groups in total. The molecule has 1 aliphatic carbocycles. The third-order valence-electron chi connectivity index (χ3n) is 3.12. The van der Waals surface area contributed by atoms with E-state index >= 15 is 0 Å². The predicted octanol–water partition coefficient (Wildman–Crippen LogP) is 1.78. The minimum atomic E-state index is -0.117. The van der Waals surface area contributed by atoms with E-state index in [4.69, 9.17) is 10.00 Å². The molecule has 1 fully saturated rings. The van der Waals surface area contributed by atoms with Crippen molar-refractivity contribution in [2.24, 2.45) is 0 Å². The van der Waals surface area contributed by atoms with Crippen LogP contribution in [0.15, 0.2) is 24.3 Å². The second-order valence-electron chi connectivity index (χ2n) is 4.70. The van der Waals surface area contributed by atoms with Gasteiger partial charge >= 0.3 is 0 Å². The molecular weight excluding hydrogens is 226 g/mol. The Labute approximate surface area is 108 Å². The summed E-state index contributed by atoms with van der Waals surface area (Å²) in [6.07, 6.45) is 2.39. The van der Waals surface area contributed by atoms with Crippen LogP contribution in [-0.2, 0) is 0 Å². The number of nitrogens with one attached hydrogen (secondary N) is 1. The number of ether oxygens (including phenoxy) is 1. The SMILES string of the molecule is COc1cccc(N(C)CC(C#N)NC2CC2)c1. The summed E-state index contributed by atoms with van der Waals surface area (Å²) in [6.45, 7) is 0.681. The van der Waals surface area contributed by atoms with Crippen molar-refractivity contribution < 1.29 is 4.74 Å². The van der Waals surface area contributed by atoms with Gasteiger partial charge in [-0.2, -0.15) is 5.26 Å². The van der Waals surface area contributed by atoms with Crippen LogP contribution in [0.25, 0.3) is 0 Å². The van der Waals surface area contributed by atoms with Gasteiger partial charge in [0.15, 0.2) is 0 Å². The van der Waals surface area contributed by atoms with E-state index in [1.165, 1.54) is 12.8 Å². The number of nitrogens with zero attached hydrogens (tertiary/aromatic N) is 2. The zero-order valence-electron chi connectivity index (χ0n) is 10.9. The fourth-order valence-electron chi connectivity index (χ4n) is 1.89. The predicted molar refractivity (Wildman–Crippen MR) is 71.8 cm³/mol. The highest BCUT2D eigenvalue weighted by Crippen LogP contribution is 2.22. The van der Waals surface area contributed by atoms with Gasteiger partial charge in [-0.15, -0.1) is 0 Å². The van der Waals surface area contributed by atoms with Gasteiger partial charge in [-0.05, 0) is 25.0 Å². The molecule has 0 aromatic heterocycles. The van der Waals surface area contributed by atoms with Crippen molar-refractivity contribution in [2.75, 3.05) is 25.6 Å². The van der Waals surface area contributed by atoms with E-state index in [1.54, 1.807) is 7.11 Å². The van der Waals surface area contributed by atoms with Crippen molar-refractivity contribution in [1.82, 2.24) is 5.32 Å². The summed E-state index contributed by atoms with van der Waals surface area (Å²) in [5, 5.41) is 12.5. The Bertz CT molecular complexity index is 437. The first-order chi connectivity index (χ1) is 8.72. The number of likely N-dealkylation sites (N-methyl/N-ethyl adjacent to an activating group) is 1. The molecule has 4 nitrogen and oxygen atoms in total. The summed E-state index contributed by atoms with van der Waals surface area (Å²) < 4.78 is 5.20. The molecule has 0 spiro atoms. The summed E-state index contributed by atoms with van der Waals surface area (Å²) in [7, 11) is 3.65. The molecule has 2 rings (SSSR count). The number of anilines is 1. The Hall–Kier alpha value is -1.73. The Morgan fingerprint density at radius 1 is 1.56 bits per heavy atom. The van der Waals surface area contributed by atoms with E-state index in [9.17, 15) is 0 Å². The number of hydrogen-bond donors (Lipinski definition) is 1. The topological polar surface area (TPSA) is 48.3 Å². The molecule has 0 aliphatic heterocycles. The molecule has 0 radical (unpaired) electrons. The number of benzene rings is 1. The lowest BCUT2D eigenvalue weighted by Gasteiger charge is -2.23. The highest BCUT2D eigenvalue weighted by atomic mass is 16.5. The fraction of sp³-hybridized carbons (Fsp3) is 0.500. The van der Waals surface area contributed by atoms with Gasteiger partial charge in [-0.1, -0.05) is 6.07 Å². The van der Waals surface area contributed by atoms with Gasteiger partial charge < -0.3 is 9.64 Å². The van der Waals surface area contributed by atoms with E-state index in [-0.39, 0.29) is 6.04 Å². The maximum absolute atomic E-state index is 9.14. The van der Waals surface area contributed by atoms with Gasteiger partial charge in [0.2, 0.25) is 0 Å². The summed E-state index contributed by atoms with van der Waals surface area (Å²) >= 11 is 0. The zero-order valence-corrected chi connectivity index (χ0v) is 10.9. The van der Waals surface area contributed by atoms with Crippen LogP contribution in [0.3, 0.4) is 0 Å². The van der Waals surface area contributed by atoms with Gasteiger partial charge in [-0.25, -0.2) is 0 Å². The Morgan fingerprint density at radius 3 is 2.94 bits per heavy atom. The molecular formula is C14H19N3O. The molecule has 1 aliphatic rings. The van der Waals surface area contributed by atoms with Gasteiger partial charge in [0.1, 0.15) is 11.8 Å². The van der Waals surface area contributed by atoms with Gasteiger partial charge in [0, 0.05) is 31.4 Å². The number of nitriles is 1. The molecule has 18 heavy (non-hydrogen) atoms. The second kappa shape index (κ2) is 5.74. The van der Waals surface area contributed by atoms with E-state index in [2.05, 4.69) is 16.3 Å². The minimum absolute atomic E-state index is 0.117.